The van der Waals surface area contributed by atoms with Crippen molar-refractivity contribution in [2.24, 2.45) is 0 Å². The lowest BCUT2D eigenvalue weighted by atomic mass is 10.2. The SMILES string of the molecule is CCNc1cncc(S(=O)(=O)NCc2ccc(OC)cc2)c1. The van der Waals surface area contributed by atoms with E-state index in [1.165, 1.54) is 6.20 Å². The summed E-state index contributed by atoms with van der Waals surface area (Å²) in [5.74, 6) is 0.731. The molecule has 1 heterocycles. The van der Waals surface area contributed by atoms with E-state index in [0.717, 1.165) is 11.3 Å². The predicted molar refractivity (Wildman–Crippen MR) is 85.4 cm³/mol. The molecule has 2 aromatic rings. The fourth-order valence-corrected chi connectivity index (χ4v) is 2.88. The molecule has 6 nitrogen and oxygen atoms in total. The third kappa shape index (κ3) is 4.19. The minimum atomic E-state index is -3.60. The molecular weight excluding hydrogens is 302 g/mol. The standard InChI is InChI=1S/C15H19N3O3S/c1-3-17-13-8-15(11-16-10-13)22(19,20)18-9-12-4-6-14(21-2)7-5-12/h4-8,10-11,17-18H,3,9H2,1-2H3. The highest BCUT2D eigenvalue weighted by Gasteiger charge is 2.14. The summed E-state index contributed by atoms with van der Waals surface area (Å²) in [6, 6.07) is 8.77. The van der Waals surface area contributed by atoms with E-state index >= 15 is 0 Å². The summed E-state index contributed by atoms with van der Waals surface area (Å²) in [7, 11) is -2.01. The molecule has 0 unspecified atom stereocenters. The second-order valence-electron chi connectivity index (χ2n) is 4.61. The minimum Gasteiger partial charge on any atom is -0.497 e. The number of rotatable bonds is 7. The fraction of sp³-hybridized carbons (Fsp3) is 0.267. The fourth-order valence-electron chi connectivity index (χ4n) is 1.87. The predicted octanol–water partition coefficient (Wildman–Crippen LogP) is 2.00. The molecule has 0 bridgehead atoms. The van der Waals surface area contributed by atoms with E-state index in [9.17, 15) is 8.42 Å². The van der Waals surface area contributed by atoms with E-state index in [2.05, 4.69) is 15.0 Å². The first kappa shape index (κ1) is 16.3. The molecule has 0 radical (unpaired) electrons. The smallest absolute Gasteiger partial charge is 0.242 e. The first-order valence-corrected chi connectivity index (χ1v) is 8.35. The Morgan fingerprint density at radius 3 is 2.55 bits per heavy atom. The Hall–Kier alpha value is -2.12. The number of sulfonamides is 1. The third-order valence-electron chi connectivity index (χ3n) is 3.03. The number of aromatic nitrogens is 1. The Kier molecular flexibility index (Phi) is 5.35. The van der Waals surface area contributed by atoms with Crippen LogP contribution >= 0.6 is 0 Å². The van der Waals surface area contributed by atoms with Crippen molar-refractivity contribution in [3.8, 4) is 5.75 Å². The van der Waals surface area contributed by atoms with Crippen LogP contribution in [0.4, 0.5) is 5.69 Å². The third-order valence-corrected chi connectivity index (χ3v) is 4.40. The van der Waals surface area contributed by atoms with Gasteiger partial charge in [0.2, 0.25) is 10.0 Å². The van der Waals surface area contributed by atoms with Crippen molar-refractivity contribution < 1.29 is 13.2 Å². The van der Waals surface area contributed by atoms with Crippen molar-refractivity contribution in [3.05, 3.63) is 48.3 Å². The summed E-state index contributed by atoms with van der Waals surface area (Å²) >= 11 is 0. The Bertz CT molecular complexity index is 715. The molecule has 0 aliphatic rings. The number of anilines is 1. The van der Waals surface area contributed by atoms with Crippen molar-refractivity contribution in [3.63, 3.8) is 0 Å². The first-order valence-electron chi connectivity index (χ1n) is 6.86. The van der Waals surface area contributed by atoms with Crippen LogP contribution < -0.4 is 14.8 Å². The van der Waals surface area contributed by atoms with E-state index in [1.807, 2.05) is 19.1 Å². The Morgan fingerprint density at radius 1 is 1.18 bits per heavy atom. The Labute approximate surface area is 130 Å². The lowest BCUT2D eigenvalue weighted by Crippen LogP contribution is -2.23. The van der Waals surface area contributed by atoms with Crippen molar-refractivity contribution in [2.45, 2.75) is 18.4 Å². The van der Waals surface area contributed by atoms with Gasteiger partial charge < -0.3 is 10.1 Å². The lowest BCUT2D eigenvalue weighted by Gasteiger charge is -2.09. The van der Waals surface area contributed by atoms with Crippen LogP contribution in [0.5, 0.6) is 5.75 Å². The Balaban J connectivity index is 2.08. The van der Waals surface area contributed by atoms with Crippen LogP contribution in [-0.4, -0.2) is 27.1 Å². The van der Waals surface area contributed by atoms with Gasteiger partial charge in [-0.3, -0.25) is 4.98 Å². The molecule has 0 aliphatic carbocycles. The largest absolute Gasteiger partial charge is 0.497 e. The van der Waals surface area contributed by atoms with E-state index in [1.54, 1.807) is 31.5 Å². The van der Waals surface area contributed by atoms with Crippen LogP contribution in [0.25, 0.3) is 0 Å². The molecule has 2 rings (SSSR count). The van der Waals surface area contributed by atoms with Crippen LogP contribution in [0.2, 0.25) is 0 Å². The van der Waals surface area contributed by atoms with Crippen LogP contribution in [0.1, 0.15) is 12.5 Å². The van der Waals surface area contributed by atoms with Crippen LogP contribution in [0.15, 0.2) is 47.6 Å². The number of pyridine rings is 1. The molecule has 0 saturated heterocycles. The number of benzene rings is 1. The Morgan fingerprint density at radius 2 is 1.91 bits per heavy atom. The second kappa shape index (κ2) is 7.24. The number of hydrogen-bond donors (Lipinski definition) is 2. The normalized spacial score (nSPS) is 11.2. The molecule has 1 aromatic heterocycles. The van der Waals surface area contributed by atoms with Crippen LogP contribution in [0.3, 0.4) is 0 Å². The molecule has 0 amide bonds. The summed E-state index contributed by atoms with van der Waals surface area (Å²) in [6.07, 6.45) is 2.92. The van der Waals surface area contributed by atoms with E-state index < -0.39 is 10.0 Å². The quantitative estimate of drug-likeness (QED) is 0.815. The highest BCUT2D eigenvalue weighted by Crippen LogP contribution is 2.15. The summed E-state index contributed by atoms with van der Waals surface area (Å²) in [5.41, 5.74) is 1.52. The molecule has 0 fully saturated rings. The van der Waals surface area contributed by atoms with Gasteiger partial charge in [0.1, 0.15) is 10.6 Å². The second-order valence-corrected chi connectivity index (χ2v) is 6.38. The first-order chi connectivity index (χ1) is 10.5. The van der Waals surface area contributed by atoms with Gasteiger partial charge in [-0.15, -0.1) is 0 Å². The molecule has 7 heteroatoms. The molecule has 22 heavy (non-hydrogen) atoms. The van der Waals surface area contributed by atoms with Gasteiger partial charge >= 0.3 is 0 Å². The van der Waals surface area contributed by atoms with E-state index in [4.69, 9.17) is 4.74 Å². The molecule has 2 N–H and O–H groups in total. The van der Waals surface area contributed by atoms with Gasteiger partial charge in [-0.25, -0.2) is 13.1 Å². The van der Waals surface area contributed by atoms with Crippen LogP contribution in [-0.2, 0) is 16.6 Å². The van der Waals surface area contributed by atoms with Gasteiger partial charge in [0, 0.05) is 19.3 Å². The zero-order chi connectivity index (χ0) is 16.0. The molecule has 0 atom stereocenters. The van der Waals surface area contributed by atoms with Crippen molar-refractivity contribution in [1.82, 2.24) is 9.71 Å². The number of nitrogens with one attached hydrogen (secondary N) is 2. The van der Waals surface area contributed by atoms with Crippen molar-refractivity contribution >= 4 is 15.7 Å². The maximum Gasteiger partial charge on any atom is 0.242 e. The molecule has 0 saturated carbocycles. The zero-order valence-corrected chi connectivity index (χ0v) is 13.4. The van der Waals surface area contributed by atoms with Crippen LogP contribution in [0, 0.1) is 0 Å². The maximum absolute atomic E-state index is 12.3. The molecular formula is C15H19N3O3S. The summed E-state index contributed by atoms with van der Waals surface area (Å²) in [4.78, 5) is 4.09. The monoisotopic (exact) mass is 321 g/mol. The number of nitrogens with zero attached hydrogens (tertiary/aromatic N) is 1. The van der Waals surface area contributed by atoms with Gasteiger partial charge in [-0.05, 0) is 30.7 Å². The van der Waals surface area contributed by atoms with Crippen molar-refractivity contribution in [2.75, 3.05) is 19.0 Å². The minimum absolute atomic E-state index is 0.138. The topological polar surface area (TPSA) is 80.3 Å². The molecule has 1 aromatic carbocycles. The molecule has 0 aliphatic heterocycles. The van der Waals surface area contributed by atoms with Gasteiger partial charge in [-0.1, -0.05) is 12.1 Å². The highest BCUT2D eigenvalue weighted by atomic mass is 32.2. The summed E-state index contributed by atoms with van der Waals surface area (Å²) in [6.45, 7) is 2.84. The lowest BCUT2D eigenvalue weighted by molar-refractivity contribution is 0.414. The number of ether oxygens (including phenoxy) is 1. The van der Waals surface area contributed by atoms with Gasteiger partial charge in [0.15, 0.2) is 0 Å². The van der Waals surface area contributed by atoms with Gasteiger partial charge in [-0.2, -0.15) is 0 Å². The maximum atomic E-state index is 12.3. The van der Waals surface area contributed by atoms with Crippen molar-refractivity contribution in [1.29, 1.82) is 0 Å². The van der Waals surface area contributed by atoms with E-state index in [0.29, 0.717) is 12.2 Å². The van der Waals surface area contributed by atoms with Gasteiger partial charge in [0.05, 0.1) is 19.0 Å². The molecule has 0 spiro atoms. The number of methoxy groups -OCH3 is 1. The average Bonchev–Trinajstić information content (AvgIpc) is 2.54. The summed E-state index contributed by atoms with van der Waals surface area (Å²) < 4.78 is 32.2. The van der Waals surface area contributed by atoms with E-state index in [-0.39, 0.29) is 11.4 Å². The number of hydrogen-bond acceptors (Lipinski definition) is 5. The van der Waals surface area contributed by atoms with Gasteiger partial charge in [0.25, 0.3) is 0 Å². The summed E-state index contributed by atoms with van der Waals surface area (Å²) in [5, 5.41) is 3.04. The average molecular weight is 321 g/mol. The molecule has 118 valence electrons. The zero-order valence-electron chi connectivity index (χ0n) is 12.5. The highest BCUT2D eigenvalue weighted by molar-refractivity contribution is 7.89.